The second-order valence-corrected chi connectivity index (χ2v) is 8.61. The Kier molecular flexibility index (Phi) is 9.91. The van der Waals surface area contributed by atoms with Crippen LogP contribution in [0.4, 0.5) is 4.79 Å². The lowest BCUT2D eigenvalue weighted by Crippen LogP contribution is -2.50. The van der Waals surface area contributed by atoms with E-state index in [4.69, 9.17) is 14.2 Å². The van der Waals surface area contributed by atoms with Gasteiger partial charge in [0.1, 0.15) is 23.7 Å². The van der Waals surface area contributed by atoms with Crippen LogP contribution in [0.3, 0.4) is 0 Å². The zero-order valence-corrected chi connectivity index (χ0v) is 19.2. The molecule has 1 aromatic rings. The summed E-state index contributed by atoms with van der Waals surface area (Å²) in [6.45, 7) is 10.5. The fourth-order valence-electron chi connectivity index (χ4n) is 3.41. The Balaban J connectivity index is 1.68. The van der Waals surface area contributed by atoms with Crippen LogP contribution in [0, 0.1) is 0 Å². The van der Waals surface area contributed by atoms with E-state index in [1.807, 2.05) is 52.0 Å². The zero-order chi connectivity index (χ0) is 22.7. The summed E-state index contributed by atoms with van der Waals surface area (Å²) in [4.78, 5) is 26.4. The van der Waals surface area contributed by atoms with Crippen molar-refractivity contribution in [2.45, 2.75) is 58.6 Å². The molecule has 2 amide bonds. The molecule has 1 aliphatic heterocycles. The van der Waals surface area contributed by atoms with Crippen LogP contribution in [0.2, 0.25) is 0 Å². The summed E-state index contributed by atoms with van der Waals surface area (Å²) in [6.07, 6.45) is 2.67. The largest absolute Gasteiger partial charge is 0.494 e. The second-order valence-electron chi connectivity index (χ2n) is 8.61. The summed E-state index contributed by atoms with van der Waals surface area (Å²) in [5.74, 6) is 1.50. The highest BCUT2D eigenvalue weighted by molar-refractivity contribution is 5.78. The lowest BCUT2D eigenvalue weighted by molar-refractivity contribution is -0.123. The molecule has 1 aliphatic rings. The van der Waals surface area contributed by atoms with Crippen LogP contribution in [-0.4, -0.2) is 67.9 Å². The molecule has 0 saturated carbocycles. The van der Waals surface area contributed by atoms with Crippen molar-refractivity contribution in [1.29, 1.82) is 0 Å². The molecule has 8 nitrogen and oxygen atoms in total. The van der Waals surface area contributed by atoms with E-state index >= 15 is 0 Å². The van der Waals surface area contributed by atoms with Gasteiger partial charge in [0.05, 0.1) is 19.7 Å². The molecule has 1 atom stereocenters. The van der Waals surface area contributed by atoms with Crippen molar-refractivity contribution in [3.05, 3.63) is 24.3 Å². The number of hydrogen-bond acceptors (Lipinski definition) is 6. The fraction of sp³-hybridized carbons (Fsp3) is 0.652. The Hall–Kier alpha value is -2.48. The lowest BCUT2D eigenvalue weighted by atomic mass is 10.0. The molecular formula is C23H37N3O5. The summed E-state index contributed by atoms with van der Waals surface area (Å²) in [5, 5.41) is 5.74. The third kappa shape index (κ3) is 9.91. The van der Waals surface area contributed by atoms with E-state index in [1.165, 1.54) is 0 Å². The smallest absolute Gasteiger partial charge is 0.407 e. The molecule has 1 unspecified atom stereocenters. The fourth-order valence-corrected chi connectivity index (χ4v) is 3.41. The average Bonchev–Trinajstić information content (AvgIpc) is 2.71. The maximum absolute atomic E-state index is 12.4. The molecule has 1 saturated heterocycles. The summed E-state index contributed by atoms with van der Waals surface area (Å²) < 4.78 is 16.4. The monoisotopic (exact) mass is 435 g/mol. The quantitative estimate of drug-likeness (QED) is 0.550. The molecule has 0 radical (unpaired) electrons. The normalized spacial score (nSPS) is 17.0. The topological polar surface area (TPSA) is 89.1 Å². The zero-order valence-electron chi connectivity index (χ0n) is 19.2. The van der Waals surface area contributed by atoms with Gasteiger partial charge in [-0.25, -0.2) is 4.79 Å². The van der Waals surface area contributed by atoms with Gasteiger partial charge in [0.25, 0.3) is 0 Å². The van der Waals surface area contributed by atoms with Crippen molar-refractivity contribution >= 4 is 12.0 Å². The van der Waals surface area contributed by atoms with Crippen molar-refractivity contribution in [2.75, 3.05) is 39.4 Å². The molecule has 1 heterocycles. The van der Waals surface area contributed by atoms with Crippen molar-refractivity contribution in [1.82, 2.24) is 15.5 Å². The number of likely N-dealkylation sites (tertiary alicyclic amines) is 1. The number of alkyl carbamates (subject to hydrolysis) is 1. The second kappa shape index (κ2) is 12.4. The summed E-state index contributed by atoms with van der Waals surface area (Å²) in [7, 11) is 0. The Morgan fingerprint density at radius 3 is 2.39 bits per heavy atom. The van der Waals surface area contributed by atoms with Crippen molar-refractivity contribution in [3.63, 3.8) is 0 Å². The number of hydrogen-bond donors (Lipinski definition) is 2. The first-order chi connectivity index (χ1) is 14.8. The maximum atomic E-state index is 12.4. The highest BCUT2D eigenvalue weighted by atomic mass is 16.6. The van der Waals surface area contributed by atoms with Crippen molar-refractivity contribution in [2.24, 2.45) is 0 Å². The summed E-state index contributed by atoms with van der Waals surface area (Å²) >= 11 is 0. The molecule has 174 valence electrons. The molecule has 31 heavy (non-hydrogen) atoms. The minimum atomic E-state index is -0.524. The Morgan fingerprint density at radius 2 is 1.74 bits per heavy atom. The van der Waals surface area contributed by atoms with E-state index in [0.29, 0.717) is 32.8 Å². The number of amides is 2. The van der Waals surface area contributed by atoms with Crippen molar-refractivity contribution < 1.29 is 23.8 Å². The van der Waals surface area contributed by atoms with Crippen LogP contribution in [0.5, 0.6) is 11.5 Å². The summed E-state index contributed by atoms with van der Waals surface area (Å²) in [6, 6.07) is 7.55. The number of nitrogens with zero attached hydrogens (tertiary/aromatic N) is 1. The van der Waals surface area contributed by atoms with Crippen LogP contribution in [0.25, 0.3) is 0 Å². The first-order valence-corrected chi connectivity index (χ1v) is 11.1. The van der Waals surface area contributed by atoms with Gasteiger partial charge in [-0.15, -0.1) is 0 Å². The Bertz CT molecular complexity index is 687. The van der Waals surface area contributed by atoms with Gasteiger partial charge < -0.3 is 24.8 Å². The number of rotatable bonds is 10. The predicted octanol–water partition coefficient (Wildman–Crippen LogP) is 2.96. The Morgan fingerprint density at radius 1 is 1.06 bits per heavy atom. The van der Waals surface area contributed by atoms with Gasteiger partial charge in [0.15, 0.2) is 0 Å². The van der Waals surface area contributed by atoms with Crippen LogP contribution in [0.15, 0.2) is 24.3 Å². The first-order valence-electron chi connectivity index (χ1n) is 11.1. The average molecular weight is 436 g/mol. The molecule has 0 aromatic heterocycles. The molecular weight excluding hydrogens is 398 g/mol. The number of nitrogens with one attached hydrogen (secondary N) is 2. The van der Waals surface area contributed by atoms with Crippen LogP contribution >= 0.6 is 0 Å². The van der Waals surface area contributed by atoms with Gasteiger partial charge in [-0.3, -0.25) is 9.69 Å². The van der Waals surface area contributed by atoms with Gasteiger partial charge in [-0.2, -0.15) is 0 Å². The number of benzene rings is 1. The SMILES string of the molecule is CCOc1ccc(OCCNC(=O)CN2CCCCC2CNC(=O)OC(C)(C)C)cc1. The maximum Gasteiger partial charge on any atom is 0.407 e. The van der Waals surface area contributed by atoms with E-state index in [9.17, 15) is 9.59 Å². The van der Waals surface area contributed by atoms with E-state index in [2.05, 4.69) is 15.5 Å². The van der Waals surface area contributed by atoms with E-state index in [0.717, 1.165) is 37.3 Å². The highest BCUT2D eigenvalue weighted by Crippen LogP contribution is 2.18. The summed E-state index contributed by atoms with van der Waals surface area (Å²) in [5.41, 5.74) is -0.524. The van der Waals surface area contributed by atoms with Gasteiger partial charge in [0, 0.05) is 12.6 Å². The molecule has 0 aliphatic carbocycles. The third-order valence-corrected chi connectivity index (χ3v) is 4.80. The predicted molar refractivity (Wildman–Crippen MR) is 120 cm³/mol. The third-order valence-electron chi connectivity index (χ3n) is 4.80. The molecule has 2 N–H and O–H groups in total. The van der Waals surface area contributed by atoms with Crippen LogP contribution in [0.1, 0.15) is 47.0 Å². The van der Waals surface area contributed by atoms with Gasteiger partial charge in [-0.05, 0) is 71.3 Å². The minimum Gasteiger partial charge on any atom is -0.494 e. The first kappa shape index (κ1) is 24.8. The molecule has 1 fully saturated rings. The van der Waals surface area contributed by atoms with E-state index in [1.54, 1.807) is 0 Å². The van der Waals surface area contributed by atoms with E-state index in [-0.39, 0.29) is 11.9 Å². The van der Waals surface area contributed by atoms with Gasteiger partial charge in [0.2, 0.25) is 5.91 Å². The molecule has 0 spiro atoms. The van der Waals surface area contributed by atoms with Gasteiger partial charge in [-0.1, -0.05) is 6.42 Å². The van der Waals surface area contributed by atoms with Gasteiger partial charge >= 0.3 is 6.09 Å². The lowest BCUT2D eigenvalue weighted by Gasteiger charge is -2.35. The number of piperidine rings is 1. The van der Waals surface area contributed by atoms with E-state index < -0.39 is 11.7 Å². The highest BCUT2D eigenvalue weighted by Gasteiger charge is 2.25. The molecule has 0 bridgehead atoms. The van der Waals surface area contributed by atoms with Crippen LogP contribution in [-0.2, 0) is 9.53 Å². The number of ether oxygens (including phenoxy) is 3. The number of carbonyl (C=O) groups excluding carboxylic acids is 2. The van der Waals surface area contributed by atoms with Crippen molar-refractivity contribution in [3.8, 4) is 11.5 Å². The standard InChI is InChI=1S/C23H37N3O5/c1-5-29-19-9-11-20(12-10-19)30-15-13-24-21(27)17-26-14-7-6-8-18(26)16-25-22(28)31-23(2,3)4/h9-12,18H,5-8,13-17H2,1-4H3,(H,24,27)(H,25,28). The Labute approximate surface area is 185 Å². The molecule has 1 aromatic carbocycles. The number of carbonyl (C=O) groups is 2. The molecule has 2 rings (SSSR count). The van der Waals surface area contributed by atoms with Crippen LogP contribution < -0.4 is 20.1 Å². The minimum absolute atomic E-state index is 0.0422. The molecule has 8 heteroatoms.